The molecule has 3 aliphatic rings. The standard InChI is InChI=1S/C26H27N7O2/c34-14-24(35)32-8-6-20-17(13-32)3-4-23(29-20)30-26-28-11-19-18-5-7-27-12-22(18)33(25(19)31-26)21-10-15-1-2-16(21)9-15/h3-5,7,11-12,15-16,21,34H,1-2,6,8-10,13-14H2,(H,28,29,30,31). The highest BCUT2D eigenvalue weighted by molar-refractivity contribution is 6.06. The number of carbonyl (C=O) groups is 1. The average molecular weight is 470 g/mol. The molecule has 35 heavy (non-hydrogen) atoms. The molecule has 178 valence electrons. The number of aliphatic hydroxyl groups is 1. The van der Waals surface area contributed by atoms with E-state index in [0.717, 1.165) is 39.1 Å². The minimum Gasteiger partial charge on any atom is -0.387 e. The Morgan fingerprint density at radius 3 is 2.89 bits per heavy atom. The number of aliphatic hydroxyl groups excluding tert-OH is 1. The topological polar surface area (TPSA) is 109 Å². The van der Waals surface area contributed by atoms with Gasteiger partial charge in [-0.3, -0.25) is 9.78 Å². The van der Waals surface area contributed by atoms with Crippen LogP contribution < -0.4 is 5.32 Å². The second-order valence-electron chi connectivity index (χ2n) is 10.1. The predicted molar refractivity (Wildman–Crippen MR) is 131 cm³/mol. The smallest absolute Gasteiger partial charge is 0.248 e. The molecule has 1 aliphatic heterocycles. The Kier molecular flexibility index (Phi) is 4.73. The molecule has 7 rings (SSSR count). The summed E-state index contributed by atoms with van der Waals surface area (Å²) in [5.74, 6) is 2.51. The summed E-state index contributed by atoms with van der Waals surface area (Å²) in [5.41, 5.74) is 4.06. The number of nitrogens with zero attached hydrogens (tertiary/aromatic N) is 6. The van der Waals surface area contributed by atoms with E-state index in [-0.39, 0.29) is 5.91 Å². The molecule has 1 amide bonds. The maximum atomic E-state index is 11.8. The molecule has 5 heterocycles. The van der Waals surface area contributed by atoms with Crippen LogP contribution in [0.2, 0.25) is 0 Å². The van der Waals surface area contributed by atoms with Crippen molar-refractivity contribution in [1.82, 2.24) is 29.4 Å². The maximum absolute atomic E-state index is 11.8. The zero-order valence-corrected chi connectivity index (χ0v) is 19.4. The van der Waals surface area contributed by atoms with Crippen molar-refractivity contribution in [3.05, 3.63) is 48.0 Å². The van der Waals surface area contributed by atoms with Gasteiger partial charge in [0.15, 0.2) is 0 Å². The number of anilines is 2. The van der Waals surface area contributed by atoms with Gasteiger partial charge in [-0.25, -0.2) is 9.97 Å². The van der Waals surface area contributed by atoms with Crippen LogP contribution in [0.1, 0.15) is 43.0 Å². The van der Waals surface area contributed by atoms with Crippen LogP contribution in [-0.4, -0.2) is 53.6 Å². The summed E-state index contributed by atoms with van der Waals surface area (Å²) in [6.07, 6.45) is 11.6. The van der Waals surface area contributed by atoms with Gasteiger partial charge in [-0.1, -0.05) is 12.5 Å². The summed E-state index contributed by atoms with van der Waals surface area (Å²) in [5, 5.41) is 14.7. The molecule has 2 fully saturated rings. The molecule has 9 heteroatoms. The van der Waals surface area contributed by atoms with Crippen molar-refractivity contribution >= 4 is 39.6 Å². The first-order valence-corrected chi connectivity index (χ1v) is 12.4. The Morgan fingerprint density at radius 1 is 1.11 bits per heavy atom. The third-order valence-electron chi connectivity index (χ3n) is 8.16. The van der Waals surface area contributed by atoms with E-state index in [2.05, 4.69) is 25.9 Å². The minimum atomic E-state index is -0.461. The molecular weight excluding hydrogens is 442 g/mol. The third kappa shape index (κ3) is 3.36. The van der Waals surface area contributed by atoms with Gasteiger partial charge in [0.25, 0.3) is 0 Å². The Labute approximate surface area is 202 Å². The number of carbonyl (C=O) groups excluding carboxylic acids is 1. The number of hydrogen-bond donors (Lipinski definition) is 2. The molecule has 3 atom stereocenters. The van der Waals surface area contributed by atoms with Gasteiger partial charge in [0.05, 0.1) is 11.7 Å². The quantitative estimate of drug-likeness (QED) is 0.472. The van der Waals surface area contributed by atoms with Gasteiger partial charge in [0.2, 0.25) is 11.9 Å². The molecule has 0 aromatic carbocycles. The monoisotopic (exact) mass is 469 g/mol. The number of hydrogen-bond acceptors (Lipinski definition) is 7. The fraction of sp³-hybridized carbons (Fsp3) is 0.423. The van der Waals surface area contributed by atoms with Gasteiger partial charge in [0, 0.05) is 54.4 Å². The zero-order chi connectivity index (χ0) is 23.5. The normalized spacial score (nSPS) is 23.2. The third-order valence-corrected chi connectivity index (χ3v) is 8.16. The molecular formula is C26H27N7O2. The molecule has 2 saturated carbocycles. The van der Waals surface area contributed by atoms with Crippen molar-refractivity contribution in [2.45, 2.75) is 44.7 Å². The van der Waals surface area contributed by atoms with Crippen molar-refractivity contribution < 1.29 is 9.90 Å². The zero-order valence-electron chi connectivity index (χ0n) is 19.4. The van der Waals surface area contributed by atoms with E-state index in [0.29, 0.717) is 43.2 Å². The van der Waals surface area contributed by atoms with E-state index in [1.165, 1.54) is 25.7 Å². The summed E-state index contributed by atoms with van der Waals surface area (Å²) in [7, 11) is 0. The summed E-state index contributed by atoms with van der Waals surface area (Å²) >= 11 is 0. The van der Waals surface area contributed by atoms with Crippen LogP contribution in [0.15, 0.2) is 36.8 Å². The van der Waals surface area contributed by atoms with Crippen molar-refractivity contribution in [3.8, 4) is 0 Å². The van der Waals surface area contributed by atoms with Crippen LogP contribution in [0.3, 0.4) is 0 Å². The van der Waals surface area contributed by atoms with Crippen LogP contribution in [0, 0.1) is 11.8 Å². The highest BCUT2D eigenvalue weighted by Crippen LogP contribution is 2.52. The molecule has 2 aliphatic carbocycles. The lowest BCUT2D eigenvalue weighted by Crippen LogP contribution is -2.37. The van der Waals surface area contributed by atoms with Crippen LogP contribution in [0.25, 0.3) is 21.9 Å². The van der Waals surface area contributed by atoms with Crippen LogP contribution in [0.5, 0.6) is 0 Å². The molecule has 0 saturated heterocycles. The Balaban J connectivity index is 1.23. The SMILES string of the molecule is O=C(CO)N1CCc2nc(Nc3ncc4c5ccncc5n(C5CC6CCC5C6)c4n3)ccc2C1. The molecule has 2 bridgehead atoms. The van der Waals surface area contributed by atoms with Gasteiger partial charge in [-0.05, 0) is 48.8 Å². The van der Waals surface area contributed by atoms with E-state index in [1.54, 1.807) is 4.90 Å². The lowest BCUT2D eigenvalue weighted by atomic mass is 9.95. The highest BCUT2D eigenvalue weighted by Gasteiger charge is 2.41. The average Bonchev–Trinajstić information content (AvgIpc) is 3.60. The molecule has 2 N–H and O–H groups in total. The molecule has 4 aromatic heterocycles. The van der Waals surface area contributed by atoms with Gasteiger partial charge in [0.1, 0.15) is 18.1 Å². The summed E-state index contributed by atoms with van der Waals surface area (Å²) in [6.45, 7) is 0.572. The lowest BCUT2D eigenvalue weighted by molar-refractivity contribution is -0.135. The van der Waals surface area contributed by atoms with E-state index < -0.39 is 6.61 Å². The van der Waals surface area contributed by atoms with E-state index in [1.807, 2.05) is 30.7 Å². The van der Waals surface area contributed by atoms with Crippen LogP contribution in [0.4, 0.5) is 11.8 Å². The second kappa shape index (κ2) is 7.98. The number of pyridine rings is 2. The first-order chi connectivity index (χ1) is 17.2. The van der Waals surface area contributed by atoms with E-state index in [9.17, 15) is 4.79 Å². The summed E-state index contributed by atoms with van der Waals surface area (Å²) < 4.78 is 2.42. The Morgan fingerprint density at radius 2 is 2.06 bits per heavy atom. The first kappa shape index (κ1) is 20.8. The molecule has 4 aromatic rings. The van der Waals surface area contributed by atoms with Gasteiger partial charge >= 0.3 is 0 Å². The van der Waals surface area contributed by atoms with Crippen molar-refractivity contribution in [2.24, 2.45) is 11.8 Å². The van der Waals surface area contributed by atoms with Crippen molar-refractivity contribution in [1.29, 1.82) is 0 Å². The van der Waals surface area contributed by atoms with Gasteiger partial charge in [-0.15, -0.1) is 0 Å². The number of fused-ring (bicyclic) bond motifs is 6. The molecule has 0 spiro atoms. The number of nitrogens with one attached hydrogen (secondary N) is 1. The first-order valence-electron chi connectivity index (χ1n) is 12.4. The number of rotatable bonds is 4. The van der Waals surface area contributed by atoms with Gasteiger partial charge < -0.3 is 19.9 Å². The predicted octanol–water partition coefficient (Wildman–Crippen LogP) is 3.36. The van der Waals surface area contributed by atoms with Gasteiger partial charge in [-0.2, -0.15) is 4.98 Å². The Hall–Kier alpha value is -3.59. The van der Waals surface area contributed by atoms with E-state index >= 15 is 0 Å². The second-order valence-corrected chi connectivity index (χ2v) is 10.1. The fourth-order valence-corrected chi connectivity index (χ4v) is 6.50. The minimum absolute atomic E-state index is 0.249. The van der Waals surface area contributed by atoms with E-state index in [4.69, 9.17) is 15.1 Å². The summed E-state index contributed by atoms with van der Waals surface area (Å²) in [4.78, 5) is 32.3. The van der Waals surface area contributed by atoms with Crippen molar-refractivity contribution in [2.75, 3.05) is 18.5 Å². The Bertz CT molecular complexity index is 1470. The number of aromatic nitrogens is 5. The molecule has 0 radical (unpaired) electrons. The maximum Gasteiger partial charge on any atom is 0.248 e. The van der Waals surface area contributed by atoms with Crippen LogP contribution in [-0.2, 0) is 17.8 Å². The number of amides is 1. The lowest BCUT2D eigenvalue weighted by Gasteiger charge is -2.28. The fourth-order valence-electron chi connectivity index (χ4n) is 6.50. The molecule has 9 nitrogen and oxygen atoms in total. The highest BCUT2D eigenvalue weighted by atomic mass is 16.3. The largest absolute Gasteiger partial charge is 0.387 e. The molecule has 3 unspecified atom stereocenters. The van der Waals surface area contributed by atoms with Crippen molar-refractivity contribution in [3.63, 3.8) is 0 Å². The van der Waals surface area contributed by atoms with Crippen LogP contribution >= 0.6 is 0 Å². The summed E-state index contributed by atoms with van der Waals surface area (Å²) in [6, 6.07) is 6.41.